The lowest BCUT2D eigenvalue weighted by Crippen LogP contribution is -2.25. The van der Waals surface area contributed by atoms with Crippen molar-refractivity contribution in [3.63, 3.8) is 0 Å². The van der Waals surface area contributed by atoms with Gasteiger partial charge in [-0.15, -0.1) is 0 Å². The molecule has 10 heavy (non-hydrogen) atoms. The lowest BCUT2D eigenvalue weighted by Gasteiger charge is -2.20. The summed E-state index contributed by atoms with van der Waals surface area (Å²) in [6.45, 7) is 1.30. The van der Waals surface area contributed by atoms with Crippen LogP contribution in [0.15, 0.2) is 12.0 Å². The molecule has 0 spiro atoms. The first-order valence-electron chi connectivity index (χ1n) is 2.74. The lowest BCUT2D eigenvalue weighted by atomic mass is 10.5. The van der Waals surface area contributed by atoms with Gasteiger partial charge in [-0.25, -0.2) is 0 Å². The summed E-state index contributed by atoms with van der Waals surface area (Å²) in [5, 5.41) is 2.90. The van der Waals surface area contributed by atoms with Gasteiger partial charge < -0.3 is 10.1 Å². The molecule has 0 unspecified atom stereocenters. The molecule has 1 aliphatic heterocycles. The van der Waals surface area contributed by atoms with Gasteiger partial charge in [-0.1, -0.05) is 34.8 Å². The van der Waals surface area contributed by atoms with Crippen LogP contribution in [0.3, 0.4) is 0 Å². The molecule has 1 aliphatic rings. The number of ether oxygens (including phenoxy) is 1. The molecule has 0 aromatic heterocycles. The monoisotopic (exact) mass is 201 g/mol. The molecule has 0 bridgehead atoms. The van der Waals surface area contributed by atoms with Crippen molar-refractivity contribution >= 4 is 34.8 Å². The molecule has 0 fully saturated rings. The normalized spacial score (nSPS) is 18.9. The highest BCUT2D eigenvalue weighted by Gasteiger charge is 2.28. The third-order valence-electron chi connectivity index (χ3n) is 1.02. The molecule has 1 heterocycles. The fourth-order valence-electron chi connectivity index (χ4n) is 0.590. The van der Waals surface area contributed by atoms with Gasteiger partial charge in [0.25, 0.3) is 0 Å². The molecule has 2 nitrogen and oxygen atoms in total. The smallest absolute Gasteiger partial charge is 0.248 e. The van der Waals surface area contributed by atoms with Crippen LogP contribution in [0.2, 0.25) is 0 Å². The fourth-order valence-corrected chi connectivity index (χ4v) is 0.917. The van der Waals surface area contributed by atoms with Crippen molar-refractivity contribution in [2.45, 2.75) is 3.79 Å². The number of halogens is 3. The molecule has 0 aromatic carbocycles. The van der Waals surface area contributed by atoms with Crippen LogP contribution in [0.25, 0.3) is 0 Å². The Hall–Kier alpha value is 0.210. The van der Waals surface area contributed by atoms with Gasteiger partial charge in [0.05, 0.1) is 0 Å². The van der Waals surface area contributed by atoms with Crippen LogP contribution in [0.5, 0.6) is 0 Å². The molecule has 0 aliphatic carbocycles. The van der Waals surface area contributed by atoms with E-state index in [9.17, 15) is 0 Å². The number of nitrogens with one attached hydrogen (secondary N) is 1. The average molecular weight is 202 g/mol. The number of rotatable bonds is 0. The van der Waals surface area contributed by atoms with Crippen molar-refractivity contribution in [3.05, 3.63) is 12.0 Å². The van der Waals surface area contributed by atoms with Gasteiger partial charge in [0.15, 0.2) is 5.76 Å². The van der Waals surface area contributed by atoms with Crippen molar-refractivity contribution in [2.75, 3.05) is 13.2 Å². The van der Waals surface area contributed by atoms with E-state index in [1.54, 1.807) is 6.20 Å². The Labute approximate surface area is 74.1 Å². The van der Waals surface area contributed by atoms with E-state index in [1.807, 2.05) is 0 Å². The molecule has 5 heteroatoms. The van der Waals surface area contributed by atoms with Gasteiger partial charge >= 0.3 is 0 Å². The summed E-state index contributed by atoms with van der Waals surface area (Å²) in [4.78, 5) is 0. The van der Waals surface area contributed by atoms with Gasteiger partial charge in [0, 0.05) is 12.7 Å². The zero-order chi connectivity index (χ0) is 7.61. The summed E-state index contributed by atoms with van der Waals surface area (Å²) >= 11 is 16.5. The molecule has 0 saturated carbocycles. The third-order valence-corrected chi connectivity index (χ3v) is 1.58. The largest absolute Gasteiger partial charge is 0.490 e. The van der Waals surface area contributed by atoms with Crippen molar-refractivity contribution < 1.29 is 4.74 Å². The highest BCUT2D eigenvalue weighted by Crippen LogP contribution is 2.35. The first-order chi connectivity index (χ1) is 4.61. The maximum atomic E-state index is 5.51. The maximum absolute atomic E-state index is 5.51. The number of alkyl halides is 3. The Kier molecular flexibility index (Phi) is 2.55. The van der Waals surface area contributed by atoms with E-state index in [2.05, 4.69) is 5.32 Å². The fraction of sp³-hybridized carbons (Fsp3) is 0.600. The second-order valence-electron chi connectivity index (χ2n) is 1.81. The zero-order valence-electron chi connectivity index (χ0n) is 5.03. The van der Waals surface area contributed by atoms with Gasteiger partial charge in [-0.2, -0.15) is 0 Å². The highest BCUT2D eigenvalue weighted by atomic mass is 35.6. The summed E-state index contributed by atoms with van der Waals surface area (Å²) in [5.41, 5.74) is 0. The molecule has 0 aromatic rings. The van der Waals surface area contributed by atoms with E-state index in [1.165, 1.54) is 0 Å². The second-order valence-corrected chi connectivity index (χ2v) is 4.09. The number of hydrogen-bond acceptors (Lipinski definition) is 2. The summed E-state index contributed by atoms with van der Waals surface area (Å²) in [6.07, 6.45) is 1.57. The van der Waals surface area contributed by atoms with Crippen molar-refractivity contribution in [3.8, 4) is 0 Å². The molecule has 0 atom stereocenters. The maximum Gasteiger partial charge on any atom is 0.248 e. The topological polar surface area (TPSA) is 21.3 Å². The number of allylic oxidation sites excluding steroid dienone is 1. The first kappa shape index (κ1) is 8.31. The number of hydrogen-bond donors (Lipinski definition) is 1. The Balaban J connectivity index is 2.62. The summed E-state index contributed by atoms with van der Waals surface area (Å²) in [6, 6.07) is 0. The first-order valence-corrected chi connectivity index (χ1v) is 3.87. The van der Waals surface area contributed by atoms with E-state index in [0.29, 0.717) is 12.4 Å². The molecule has 1 N–H and O–H groups in total. The van der Waals surface area contributed by atoms with Crippen LogP contribution in [0, 0.1) is 0 Å². The molecular weight excluding hydrogens is 196 g/mol. The summed E-state index contributed by atoms with van der Waals surface area (Å²) in [7, 11) is 0. The highest BCUT2D eigenvalue weighted by molar-refractivity contribution is 6.69. The van der Waals surface area contributed by atoms with E-state index in [4.69, 9.17) is 39.5 Å². The minimum absolute atomic E-state index is 0.351. The minimum atomic E-state index is -1.44. The summed E-state index contributed by atoms with van der Waals surface area (Å²) < 4.78 is 3.61. The molecule has 0 radical (unpaired) electrons. The standard InChI is InChI=1S/C5H6Cl3NO/c6-5(7,8)4-3-9-1-2-10-4/h3,9H,1-2H2. The van der Waals surface area contributed by atoms with Crippen LogP contribution in [0.4, 0.5) is 0 Å². The molecular formula is C5H6Cl3NO. The molecule has 58 valence electrons. The molecule has 0 amide bonds. The van der Waals surface area contributed by atoms with Crippen LogP contribution in [0.1, 0.15) is 0 Å². The quantitative estimate of drug-likeness (QED) is 0.605. The Morgan fingerprint density at radius 3 is 2.50 bits per heavy atom. The lowest BCUT2D eigenvalue weighted by molar-refractivity contribution is 0.194. The van der Waals surface area contributed by atoms with Gasteiger partial charge in [-0.05, 0) is 0 Å². The van der Waals surface area contributed by atoms with E-state index in [0.717, 1.165) is 6.54 Å². The van der Waals surface area contributed by atoms with Crippen molar-refractivity contribution in [1.29, 1.82) is 0 Å². The van der Waals surface area contributed by atoms with Crippen LogP contribution < -0.4 is 5.32 Å². The molecule has 1 rings (SSSR count). The average Bonchev–Trinajstić information content (AvgIpc) is 1.88. The Morgan fingerprint density at radius 2 is 2.20 bits per heavy atom. The molecule has 0 saturated heterocycles. The minimum Gasteiger partial charge on any atom is -0.490 e. The summed E-state index contributed by atoms with van der Waals surface area (Å²) in [5.74, 6) is 0.351. The van der Waals surface area contributed by atoms with E-state index in [-0.39, 0.29) is 0 Å². The van der Waals surface area contributed by atoms with E-state index < -0.39 is 3.79 Å². The van der Waals surface area contributed by atoms with Gasteiger partial charge in [0.2, 0.25) is 3.79 Å². The van der Waals surface area contributed by atoms with E-state index >= 15 is 0 Å². The van der Waals surface area contributed by atoms with Gasteiger partial charge in [0.1, 0.15) is 6.61 Å². The Morgan fingerprint density at radius 1 is 1.50 bits per heavy atom. The predicted molar refractivity (Wildman–Crippen MR) is 42.3 cm³/mol. The van der Waals surface area contributed by atoms with Crippen molar-refractivity contribution in [1.82, 2.24) is 5.32 Å². The van der Waals surface area contributed by atoms with Crippen molar-refractivity contribution in [2.24, 2.45) is 0 Å². The second kappa shape index (κ2) is 3.07. The van der Waals surface area contributed by atoms with Crippen LogP contribution in [-0.4, -0.2) is 16.9 Å². The van der Waals surface area contributed by atoms with Crippen LogP contribution in [-0.2, 0) is 4.74 Å². The van der Waals surface area contributed by atoms with Gasteiger partial charge in [-0.3, -0.25) is 0 Å². The third kappa shape index (κ3) is 2.11. The predicted octanol–water partition coefficient (Wildman–Crippen LogP) is 1.82. The zero-order valence-corrected chi connectivity index (χ0v) is 7.30. The SMILES string of the molecule is ClC(Cl)(Cl)C1=CNCCO1. The Bertz CT molecular complexity index is 151. The van der Waals surface area contributed by atoms with Crippen LogP contribution >= 0.6 is 34.8 Å².